The summed E-state index contributed by atoms with van der Waals surface area (Å²) in [7, 11) is -10.3. The minimum atomic E-state index is -6.44. The SMILES string of the molecule is O=P(O)(O)[O][W](=[O])(=[O])[O-].O=P(O)(O)[O][W](=[O])(=[O])[O-].[Co+2]. The first-order valence-electron chi connectivity index (χ1n) is 2.86. The van der Waals surface area contributed by atoms with Gasteiger partial charge in [-0.05, 0) is 0 Å². The Morgan fingerprint density at radius 1 is 0.737 bits per heavy atom. The maximum Gasteiger partial charge on any atom is 2.00 e. The molecule has 14 nitrogen and oxygen atoms in total. The Morgan fingerprint density at radius 3 is 0.895 bits per heavy atom. The molecule has 0 fully saturated rings. The third-order valence-electron chi connectivity index (χ3n) is 0.377. The van der Waals surface area contributed by atoms with Crippen LogP contribution in [0.15, 0.2) is 0 Å². The molecule has 4 N–H and O–H groups in total. The summed E-state index contributed by atoms with van der Waals surface area (Å²) in [6.45, 7) is 0. The predicted octanol–water partition coefficient (Wildman–Crippen LogP) is -3.74. The van der Waals surface area contributed by atoms with E-state index in [1.165, 1.54) is 0 Å². The fourth-order valence-corrected chi connectivity index (χ4v) is 5.84. The van der Waals surface area contributed by atoms with Crippen molar-refractivity contribution in [3.05, 3.63) is 0 Å². The Bertz CT molecular complexity index is 488. The fourth-order valence-electron chi connectivity index (χ4n) is 0.238. The molecule has 0 saturated heterocycles. The summed E-state index contributed by atoms with van der Waals surface area (Å²) >= 11 is -12.9. The van der Waals surface area contributed by atoms with Crippen molar-refractivity contribution in [1.29, 1.82) is 0 Å². The van der Waals surface area contributed by atoms with E-state index in [4.69, 9.17) is 19.6 Å². The van der Waals surface area contributed by atoms with Gasteiger partial charge < -0.3 is 0 Å². The van der Waals surface area contributed by atoms with E-state index in [0.717, 1.165) is 0 Å². The first-order chi connectivity index (χ1) is 7.41. The zero-order valence-electron chi connectivity index (χ0n) is 7.92. The van der Waals surface area contributed by atoms with E-state index >= 15 is 0 Å². The van der Waals surface area contributed by atoms with Gasteiger partial charge in [0.1, 0.15) is 0 Å². The molecule has 19 heavy (non-hydrogen) atoms. The number of rotatable bonds is 4. The van der Waals surface area contributed by atoms with Gasteiger partial charge in [0.2, 0.25) is 0 Å². The number of phosphoric acid groups is 2. The molecule has 0 aliphatic rings. The van der Waals surface area contributed by atoms with Gasteiger partial charge in [-0.2, -0.15) is 0 Å². The van der Waals surface area contributed by atoms with Crippen molar-refractivity contribution in [2.75, 3.05) is 0 Å². The summed E-state index contributed by atoms with van der Waals surface area (Å²) in [6, 6.07) is 0. The van der Waals surface area contributed by atoms with E-state index in [1.807, 2.05) is 0 Å². The van der Waals surface area contributed by atoms with E-state index < -0.39 is 49.1 Å². The van der Waals surface area contributed by atoms with Crippen molar-refractivity contribution in [2.45, 2.75) is 0 Å². The monoisotopic (exact) mass is 717 g/mol. The van der Waals surface area contributed by atoms with Gasteiger partial charge in [-0.3, -0.25) is 0 Å². The molecule has 0 heterocycles. The van der Waals surface area contributed by atoms with Crippen LogP contribution in [0.3, 0.4) is 0 Å². The molecule has 19 heteroatoms. The summed E-state index contributed by atoms with van der Waals surface area (Å²) in [5.74, 6) is 0. The Kier molecular flexibility index (Phi) is 11.4. The van der Waals surface area contributed by atoms with Gasteiger partial charge in [-0.15, -0.1) is 0 Å². The summed E-state index contributed by atoms with van der Waals surface area (Å²) < 4.78 is 81.8. The molecule has 0 aromatic rings. The van der Waals surface area contributed by atoms with Crippen LogP contribution in [0.2, 0.25) is 0 Å². The minimum absolute atomic E-state index is 0. The van der Waals surface area contributed by atoms with Crippen molar-refractivity contribution in [3.8, 4) is 0 Å². The summed E-state index contributed by atoms with van der Waals surface area (Å²) in [4.78, 5) is 30.8. The molecule has 0 spiro atoms. The Labute approximate surface area is 121 Å². The van der Waals surface area contributed by atoms with Gasteiger partial charge in [0.15, 0.2) is 0 Å². The van der Waals surface area contributed by atoms with Crippen LogP contribution in [-0.4, -0.2) is 19.6 Å². The average Bonchev–Trinajstić information content (AvgIpc) is 1.64. The normalized spacial score (nSPS) is 12.9. The maximum absolute atomic E-state index is 9.57. The zero-order valence-corrected chi connectivity index (χ0v) is 16.6. The second-order valence-corrected chi connectivity index (χ2v) is 13.3. The molecule has 0 rings (SSSR count). The number of hydrogen-bond donors (Lipinski definition) is 4. The summed E-state index contributed by atoms with van der Waals surface area (Å²) in [5.41, 5.74) is 0. The maximum atomic E-state index is 9.57. The van der Waals surface area contributed by atoms with Gasteiger partial charge in [0.25, 0.3) is 0 Å². The fraction of sp³-hybridized carbons (Fsp3) is 0. The van der Waals surface area contributed by atoms with Crippen molar-refractivity contribution in [3.63, 3.8) is 0 Å². The molecule has 0 atom stereocenters. The molecule has 0 amide bonds. The van der Waals surface area contributed by atoms with Crippen molar-refractivity contribution in [1.82, 2.24) is 0 Å². The molecule has 119 valence electrons. The molecule has 0 aliphatic carbocycles. The third-order valence-corrected chi connectivity index (χ3v) is 9.25. The van der Waals surface area contributed by atoms with Crippen LogP contribution >= 0.6 is 15.6 Å². The second kappa shape index (κ2) is 8.61. The Morgan fingerprint density at radius 2 is 0.895 bits per heavy atom. The van der Waals surface area contributed by atoms with Crippen LogP contribution in [-0.2, 0) is 79.3 Å². The topological polar surface area (TPSA) is 248 Å². The Balaban J connectivity index is -0.000000256. The third kappa shape index (κ3) is 32.6. The molecule has 1 radical (unpaired) electrons. The first-order valence-corrected chi connectivity index (χ1v) is 15.5. The summed E-state index contributed by atoms with van der Waals surface area (Å²) in [5, 5.41) is 0. The molecule has 0 unspecified atom stereocenters. The van der Waals surface area contributed by atoms with E-state index in [-0.39, 0.29) is 16.8 Å². The van der Waals surface area contributed by atoms with Crippen LogP contribution in [0, 0.1) is 0 Å². The quantitative estimate of drug-likeness (QED) is 0.204. The van der Waals surface area contributed by atoms with Crippen LogP contribution in [0.4, 0.5) is 0 Å². The van der Waals surface area contributed by atoms with E-state index in [2.05, 4.69) is 6.35 Å². The van der Waals surface area contributed by atoms with Crippen LogP contribution in [0.1, 0.15) is 0 Å². The second-order valence-electron chi connectivity index (χ2n) is 1.95. The first kappa shape index (κ1) is 25.2. The van der Waals surface area contributed by atoms with Gasteiger partial charge in [0.05, 0.1) is 0 Å². The molecule has 0 aliphatic heterocycles. The number of hydrogen-bond acceptors (Lipinski definition) is 10. The molecule has 0 bridgehead atoms. The zero-order chi connectivity index (χ0) is 15.4. The van der Waals surface area contributed by atoms with Crippen molar-refractivity contribution >= 4 is 15.6 Å². The van der Waals surface area contributed by atoms with Crippen LogP contribution < -0.4 is 7.52 Å². The predicted molar refractivity (Wildman–Crippen MR) is 29.0 cm³/mol. The van der Waals surface area contributed by atoms with Crippen molar-refractivity contribution < 1.29 is 106 Å². The van der Waals surface area contributed by atoms with Gasteiger partial charge in [-0.25, -0.2) is 0 Å². The average molecular weight is 717 g/mol. The van der Waals surface area contributed by atoms with Gasteiger partial charge >= 0.3 is 122 Å². The van der Waals surface area contributed by atoms with E-state index in [9.17, 15) is 30.2 Å². The standard InChI is InChI=1S/Co.2H3O4P.6O.2W/c;2*1-5(2,3)4;;;;;;;;/h;2*(H3,1,2,3,4);;;;;;;;/q+2;;;;;;;2*-1;2*+1/p-2. The van der Waals surface area contributed by atoms with E-state index in [1.54, 1.807) is 0 Å². The smallest absolute Gasteiger partial charge is 2.00 e. The molecular formula is H4CoO14P2W2. The minimum Gasteiger partial charge on any atom is 2.00 e. The largest absolute Gasteiger partial charge is 2.00 e. The molecular weight excluding hydrogens is 713 g/mol. The van der Waals surface area contributed by atoms with Crippen LogP contribution in [0.25, 0.3) is 0 Å². The molecule has 0 saturated carbocycles. The van der Waals surface area contributed by atoms with Crippen LogP contribution in [0.5, 0.6) is 0 Å². The van der Waals surface area contributed by atoms with Crippen molar-refractivity contribution in [2.24, 2.45) is 0 Å². The Hall–Kier alpha value is 1.22. The van der Waals surface area contributed by atoms with Gasteiger partial charge in [-0.1, -0.05) is 0 Å². The summed E-state index contributed by atoms with van der Waals surface area (Å²) in [6.07, 6.45) is 0. The molecule has 0 aromatic carbocycles. The molecule has 0 aromatic heterocycles. The van der Waals surface area contributed by atoms with Gasteiger partial charge in [0, 0.05) is 0 Å². The van der Waals surface area contributed by atoms with E-state index in [0.29, 0.717) is 0 Å².